The third-order valence-corrected chi connectivity index (χ3v) is 4.01. The second-order valence-corrected chi connectivity index (χ2v) is 6.59. The number of nitrogens with zero attached hydrogens (tertiary/aromatic N) is 2. The molecule has 0 bridgehead atoms. The first kappa shape index (κ1) is 16.2. The van der Waals surface area contributed by atoms with E-state index < -0.39 is 0 Å². The minimum Gasteiger partial charge on any atom is -0.314 e. The van der Waals surface area contributed by atoms with E-state index in [4.69, 9.17) is 0 Å². The summed E-state index contributed by atoms with van der Waals surface area (Å²) in [5.41, 5.74) is 2.50. The van der Waals surface area contributed by atoms with Gasteiger partial charge in [0.25, 0.3) is 0 Å². The van der Waals surface area contributed by atoms with Crippen molar-refractivity contribution in [3.63, 3.8) is 0 Å². The first-order valence-corrected chi connectivity index (χ1v) is 8.39. The lowest BCUT2D eigenvalue weighted by Gasteiger charge is -2.17. The Kier molecular flexibility index (Phi) is 6.00. The van der Waals surface area contributed by atoms with Gasteiger partial charge in [0.15, 0.2) is 0 Å². The molecule has 0 aliphatic heterocycles. The van der Waals surface area contributed by atoms with Gasteiger partial charge in [0, 0.05) is 29.2 Å². The molecule has 0 amide bonds. The summed E-state index contributed by atoms with van der Waals surface area (Å²) in [6, 6.07) is 11.5. The number of nitrogens with one attached hydrogen (secondary N) is 1. The zero-order valence-electron chi connectivity index (χ0n) is 13.0. The third-order valence-electron chi connectivity index (χ3n) is 3.51. The lowest BCUT2D eigenvalue weighted by Crippen LogP contribution is -2.33. The van der Waals surface area contributed by atoms with Gasteiger partial charge in [-0.3, -0.25) is 4.68 Å². The van der Waals surface area contributed by atoms with Crippen molar-refractivity contribution >= 4 is 15.9 Å². The fourth-order valence-corrected chi connectivity index (χ4v) is 2.93. The Hall–Kier alpha value is -1.13. The molecule has 0 saturated carbocycles. The van der Waals surface area contributed by atoms with Gasteiger partial charge in [-0.2, -0.15) is 5.10 Å². The van der Waals surface area contributed by atoms with E-state index in [9.17, 15) is 0 Å². The van der Waals surface area contributed by atoms with Crippen LogP contribution in [0, 0.1) is 0 Å². The Balaban J connectivity index is 2.04. The van der Waals surface area contributed by atoms with E-state index in [0.29, 0.717) is 12.1 Å². The Bertz CT molecular complexity index is 563. The zero-order valence-corrected chi connectivity index (χ0v) is 14.6. The summed E-state index contributed by atoms with van der Waals surface area (Å²) in [6.07, 6.45) is 4.05. The van der Waals surface area contributed by atoms with Crippen molar-refractivity contribution in [2.75, 3.05) is 6.54 Å². The molecule has 0 fully saturated rings. The molecule has 0 spiro atoms. The quantitative estimate of drug-likeness (QED) is 0.818. The molecular formula is C17H24BrN3. The average molecular weight is 350 g/mol. The molecule has 0 aliphatic rings. The number of hydrogen-bond acceptors (Lipinski definition) is 2. The van der Waals surface area contributed by atoms with Gasteiger partial charge < -0.3 is 5.32 Å². The van der Waals surface area contributed by atoms with Gasteiger partial charge in [-0.1, -0.05) is 35.0 Å². The highest BCUT2D eigenvalue weighted by atomic mass is 79.9. The van der Waals surface area contributed by atoms with Crippen LogP contribution in [-0.4, -0.2) is 22.4 Å². The number of hydrogen-bond donors (Lipinski definition) is 1. The van der Waals surface area contributed by atoms with E-state index in [1.54, 1.807) is 0 Å². The standard InChI is InChI=1S/C17H24BrN3/c1-4-19-17(11-14-6-5-7-15(18)10-14)12-16-8-9-21(20-16)13(2)3/h5-10,13,17,19H,4,11-12H2,1-3H3. The molecular weight excluding hydrogens is 326 g/mol. The zero-order chi connectivity index (χ0) is 15.2. The minimum atomic E-state index is 0.416. The van der Waals surface area contributed by atoms with E-state index in [1.807, 2.05) is 4.68 Å². The molecule has 3 nitrogen and oxygen atoms in total. The van der Waals surface area contributed by atoms with E-state index in [1.165, 1.54) is 5.56 Å². The Labute approximate surface area is 135 Å². The fourth-order valence-electron chi connectivity index (χ4n) is 2.48. The number of rotatable bonds is 7. The topological polar surface area (TPSA) is 29.9 Å². The first-order valence-electron chi connectivity index (χ1n) is 7.60. The van der Waals surface area contributed by atoms with Crippen LogP contribution in [0.2, 0.25) is 0 Å². The summed E-state index contributed by atoms with van der Waals surface area (Å²) in [5, 5.41) is 8.23. The van der Waals surface area contributed by atoms with Crippen molar-refractivity contribution < 1.29 is 0 Å². The lowest BCUT2D eigenvalue weighted by atomic mass is 10.0. The number of halogens is 1. The van der Waals surface area contributed by atoms with Crippen LogP contribution in [0.5, 0.6) is 0 Å². The van der Waals surface area contributed by atoms with Crippen LogP contribution in [0.15, 0.2) is 41.0 Å². The smallest absolute Gasteiger partial charge is 0.0640 e. The Morgan fingerprint density at radius 2 is 2.05 bits per heavy atom. The lowest BCUT2D eigenvalue weighted by molar-refractivity contribution is 0.494. The van der Waals surface area contributed by atoms with Crippen LogP contribution < -0.4 is 5.32 Å². The van der Waals surface area contributed by atoms with E-state index in [0.717, 1.165) is 29.6 Å². The van der Waals surface area contributed by atoms with Crippen LogP contribution in [0.3, 0.4) is 0 Å². The van der Waals surface area contributed by atoms with Crippen molar-refractivity contribution in [1.29, 1.82) is 0 Å². The summed E-state index contributed by atoms with van der Waals surface area (Å²) < 4.78 is 3.16. The van der Waals surface area contributed by atoms with Gasteiger partial charge in [-0.15, -0.1) is 0 Å². The summed E-state index contributed by atoms with van der Waals surface area (Å²) in [6.45, 7) is 7.43. The molecule has 1 atom stereocenters. The van der Waals surface area contributed by atoms with E-state index in [2.05, 4.69) is 83.6 Å². The molecule has 0 radical (unpaired) electrons. The molecule has 1 N–H and O–H groups in total. The number of aromatic nitrogens is 2. The summed E-state index contributed by atoms with van der Waals surface area (Å²) in [4.78, 5) is 0. The molecule has 1 unspecified atom stereocenters. The normalized spacial score (nSPS) is 12.8. The maximum Gasteiger partial charge on any atom is 0.0640 e. The summed E-state index contributed by atoms with van der Waals surface area (Å²) in [5.74, 6) is 0. The van der Waals surface area contributed by atoms with Gasteiger partial charge in [0.2, 0.25) is 0 Å². The summed E-state index contributed by atoms with van der Waals surface area (Å²) in [7, 11) is 0. The fraction of sp³-hybridized carbons (Fsp3) is 0.471. The van der Waals surface area contributed by atoms with Crippen molar-refractivity contribution in [2.24, 2.45) is 0 Å². The first-order chi connectivity index (χ1) is 10.1. The molecule has 21 heavy (non-hydrogen) atoms. The average Bonchev–Trinajstić information content (AvgIpc) is 2.88. The van der Waals surface area contributed by atoms with Gasteiger partial charge in [-0.25, -0.2) is 0 Å². The Morgan fingerprint density at radius 1 is 1.24 bits per heavy atom. The van der Waals surface area contributed by atoms with Crippen LogP contribution >= 0.6 is 15.9 Å². The number of benzene rings is 1. The van der Waals surface area contributed by atoms with Crippen LogP contribution in [0.1, 0.15) is 38.1 Å². The monoisotopic (exact) mass is 349 g/mol. The van der Waals surface area contributed by atoms with Gasteiger partial charge in [-0.05, 0) is 50.6 Å². The van der Waals surface area contributed by atoms with Gasteiger partial charge in [0.1, 0.15) is 0 Å². The molecule has 0 saturated heterocycles. The second-order valence-electron chi connectivity index (χ2n) is 5.67. The second kappa shape index (κ2) is 7.76. The SMILES string of the molecule is CCNC(Cc1cccc(Br)c1)Cc1ccn(C(C)C)n1. The van der Waals surface area contributed by atoms with Crippen LogP contribution in [-0.2, 0) is 12.8 Å². The predicted molar refractivity (Wildman–Crippen MR) is 91.6 cm³/mol. The van der Waals surface area contributed by atoms with Crippen LogP contribution in [0.25, 0.3) is 0 Å². The maximum atomic E-state index is 4.66. The molecule has 1 aromatic heterocycles. The van der Waals surface area contributed by atoms with Crippen molar-refractivity contribution in [3.8, 4) is 0 Å². The molecule has 114 valence electrons. The van der Waals surface area contributed by atoms with E-state index in [-0.39, 0.29) is 0 Å². The number of likely N-dealkylation sites (N-methyl/N-ethyl adjacent to an activating group) is 1. The molecule has 2 aromatic rings. The summed E-state index contributed by atoms with van der Waals surface area (Å²) >= 11 is 3.54. The molecule has 4 heteroatoms. The van der Waals surface area contributed by atoms with Gasteiger partial charge in [0.05, 0.1) is 5.69 Å². The van der Waals surface area contributed by atoms with E-state index >= 15 is 0 Å². The highest BCUT2D eigenvalue weighted by molar-refractivity contribution is 9.10. The molecule has 1 aromatic carbocycles. The van der Waals surface area contributed by atoms with Gasteiger partial charge >= 0.3 is 0 Å². The molecule has 2 rings (SSSR count). The Morgan fingerprint density at radius 3 is 2.67 bits per heavy atom. The maximum absolute atomic E-state index is 4.66. The van der Waals surface area contributed by atoms with Crippen LogP contribution in [0.4, 0.5) is 0 Å². The minimum absolute atomic E-state index is 0.416. The van der Waals surface area contributed by atoms with Crippen molar-refractivity contribution in [1.82, 2.24) is 15.1 Å². The largest absolute Gasteiger partial charge is 0.314 e. The third kappa shape index (κ3) is 4.97. The molecule has 0 aliphatic carbocycles. The highest BCUT2D eigenvalue weighted by Crippen LogP contribution is 2.15. The van der Waals surface area contributed by atoms with Crippen molar-refractivity contribution in [2.45, 2.75) is 45.7 Å². The highest BCUT2D eigenvalue weighted by Gasteiger charge is 2.12. The van der Waals surface area contributed by atoms with Crippen molar-refractivity contribution in [3.05, 3.63) is 52.3 Å². The predicted octanol–water partition coefficient (Wildman–Crippen LogP) is 3.99. The molecule has 1 heterocycles.